The molecule has 0 saturated carbocycles. The first-order valence-electron chi connectivity index (χ1n) is 30.1. The van der Waals surface area contributed by atoms with E-state index in [0.717, 1.165) is 101 Å². The maximum atomic E-state index is 7.71. The Morgan fingerprint density at radius 1 is 0.326 bits per heavy atom. The Morgan fingerprint density at radius 2 is 0.860 bits per heavy atom. The van der Waals surface area contributed by atoms with E-state index in [4.69, 9.17) is 4.42 Å². The zero-order valence-electron chi connectivity index (χ0n) is 49.3. The molecule has 0 atom stereocenters. The van der Waals surface area contributed by atoms with Gasteiger partial charge in [-0.1, -0.05) is 217 Å². The first-order chi connectivity index (χ1) is 41.9. The highest BCUT2D eigenvalue weighted by atomic mass is 16.3. The Hall–Kier alpha value is -10.3. The van der Waals surface area contributed by atoms with Crippen molar-refractivity contribution in [2.45, 2.75) is 52.4 Å². The molecule has 2 aromatic heterocycles. The molecule has 4 heterocycles. The maximum Gasteiger partial charge on any atom is 0.252 e. The Balaban J connectivity index is 1.01. The number of para-hydroxylation sites is 5. The molecule has 14 aromatic rings. The van der Waals surface area contributed by atoms with E-state index >= 15 is 0 Å². The lowest BCUT2D eigenvalue weighted by Crippen LogP contribution is -2.61. The fraction of sp³-hybridized carbons (Fsp3) is 0.100. The summed E-state index contributed by atoms with van der Waals surface area (Å²) in [5.41, 5.74) is 25.4. The van der Waals surface area contributed by atoms with Gasteiger partial charge in [-0.2, -0.15) is 0 Å². The molecule has 16 rings (SSSR count). The second-order valence-corrected chi connectivity index (χ2v) is 25.3. The maximum absolute atomic E-state index is 7.71. The minimum Gasteiger partial charge on any atom is -0.452 e. The van der Waals surface area contributed by atoms with Gasteiger partial charge < -0.3 is 23.7 Å². The summed E-state index contributed by atoms with van der Waals surface area (Å²) >= 11 is 0. The third-order valence-corrected chi connectivity index (χ3v) is 18.0. The van der Waals surface area contributed by atoms with Crippen LogP contribution in [0.2, 0.25) is 0 Å². The van der Waals surface area contributed by atoms with Crippen molar-refractivity contribution in [1.29, 1.82) is 0 Å². The molecular weight excluding hydrogens is 1040 g/mol. The molecule has 0 spiro atoms. The SMILES string of the molecule is CC(C)(C)c1ccc2c(c1)B1c3ccc(N(c4ccccc4)c4ccccc4)cc3N(c3ccc(-c4ccccc4)cc3)c3cc(C(C)(C)C)cc(c31)N2c1cc(-c2ccccc2)cc2c1oc1c(-n3c4ccccc4c4ccccc43)cccc12. The van der Waals surface area contributed by atoms with Crippen LogP contribution >= 0.6 is 0 Å². The molecule has 86 heavy (non-hydrogen) atoms. The van der Waals surface area contributed by atoms with Gasteiger partial charge in [0.05, 0.1) is 22.4 Å². The number of nitrogens with zero attached hydrogens (tertiary/aromatic N) is 4. The minimum absolute atomic E-state index is 0.138. The number of benzene rings is 12. The van der Waals surface area contributed by atoms with Crippen LogP contribution in [0.4, 0.5) is 51.2 Å². The zero-order chi connectivity index (χ0) is 58.0. The normalized spacial score (nSPS) is 12.9. The molecule has 0 fully saturated rings. The molecule has 412 valence electrons. The van der Waals surface area contributed by atoms with E-state index in [9.17, 15) is 0 Å². The molecule has 2 aliphatic heterocycles. The summed E-state index contributed by atoms with van der Waals surface area (Å²) in [6.07, 6.45) is 0. The fourth-order valence-electron chi connectivity index (χ4n) is 13.8. The summed E-state index contributed by atoms with van der Waals surface area (Å²) < 4.78 is 10.1. The van der Waals surface area contributed by atoms with Crippen molar-refractivity contribution in [2.75, 3.05) is 14.7 Å². The van der Waals surface area contributed by atoms with Gasteiger partial charge in [-0.05, 0) is 158 Å². The summed E-state index contributed by atoms with van der Waals surface area (Å²) in [6.45, 7) is 13.9. The van der Waals surface area contributed by atoms with Crippen LogP contribution in [0.15, 0.2) is 277 Å². The lowest BCUT2D eigenvalue weighted by molar-refractivity contribution is 0.590. The van der Waals surface area contributed by atoms with E-state index in [1.165, 1.54) is 49.4 Å². The van der Waals surface area contributed by atoms with Crippen LogP contribution in [0.25, 0.3) is 71.7 Å². The molecule has 12 aromatic carbocycles. The van der Waals surface area contributed by atoms with Crippen molar-refractivity contribution in [3.8, 4) is 27.9 Å². The average Bonchev–Trinajstić information content (AvgIpc) is 0.862. The molecule has 0 aliphatic carbocycles. The van der Waals surface area contributed by atoms with Crippen molar-refractivity contribution in [3.63, 3.8) is 0 Å². The van der Waals surface area contributed by atoms with E-state index in [1.54, 1.807) is 0 Å². The number of furan rings is 1. The number of hydrogen-bond acceptors (Lipinski definition) is 4. The Morgan fingerprint density at radius 3 is 1.48 bits per heavy atom. The number of aromatic nitrogens is 1. The molecule has 5 nitrogen and oxygen atoms in total. The smallest absolute Gasteiger partial charge is 0.252 e. The third-order valence-electron chi connectivity index (χ3n) is 18.0. The molecule has 2 aliphatic rings. The molecule has 0 saturated heterocycles. The largest absolute Gasteiger partial charge is 0.452 e. The molecule has 0 amide bonds. The number of fused-ring (bicyclic) bond motifs is 10. The predicted molar refractivity (Wildman–Crippen MR) is 365 cm³/mol. The van der Waals surface area contributed by atoms with Crippen LogP contribution in [-0.4, -0.2) is 11.3 Å². The second kappa shape index (κ2) is 19.7. The molecule has 0 unspecified atom stereocenters. The number of anilines is 9. The summed E-state index contributed by atoms with van der Waals surface area (Å²) in [5.74, 6) is 0. The van der Waals surface area contributed by atoms with Gasteiger partial charge in [0, 0.05) is 67.0 Å². The Labute approximate surface area is 503 Å². The van der Waals surface area contributed by atoms with Gasteiger partial charge in [0.1, 0.15) is 0 Å². The second-order valence-electron chi connectivity index (χ2n) is 25.3. The van der Waals surface area contributed by atoms with Gasteiger partial charge in [0.25, 0.3) is 6.71 Å². The summed E-state index contributed by atoms with van der Waals surface area (Å²) in [4.78, 5) is 7.53. The van der Waals surface area contributed by atoms with Gasteiger partial charge in [-0.25, -0.2) is 0 Å². The first-order valence-corrected chi connectivity index (χ1v) is 30.1. The van der Waals surface area contributed by atoms with Gasteiger partial charge >= 0.3 is 0 Å². The average molecular weight is 1110 g/mol. The van der Waals surface area contributed by atoms with Crippen molar-refractivity contribution >= 4 is 118 Å². The molecule has 6 heteroatoms. The molecule has 0 radical (unpaired) electrons. The highest BCUT2D eigenvalue weighted by molar-refractivity contribution is 7.00. The summed E-state index contributed by atoms with van der Waals surface area (Å²) in [7, 11) is 0. The van der Waals surface area contributed by atoms with Crippen molar-refractivity contribution in [3.05, 3.63) is 284 Å². The zero-order valence-corrected chi connectivity index (χ0v) is 49.3. The lowest BCUT2D eigenvalue weighted by atomic mass is 9.33. The highest BCUT2D eigenvalue weighted by Crippen LogP contribution is 2.52. The van der Waals surface area contributed by atoms with E-state index < -0.39 is 0 Å². The van der Waals surface area contributed by atoms with E-state index in [2.05, 4.69) is 334 Å². The van der Waals surface area contributed by atoms with Gasteiger partial charge in [-0.3, -0.25) is 0 Å². The minimum atomic E-state index is -0.247. The number of rotatable bonds is 8. The standard InChI is InChI=1S/C80H63BN4O/c1-79(2,3)56-40-45-70-67(48-56)81-66-44-43-61(82(58-28-15-9-16-29-58)59-30-17-10-18-31-59)51-72(66)83(60-41-38-54(39-42-60)52-24-11-7-12-25-52)73-49-57(80(4,5)6)50-74(76(73)81)85(70)75-47-55(53-26-13-8-14-27-53)46-65-64-34-23-37-71(77(64)86-78(65)75)84-68-35-21-19-32-62(68)63-33-20-22-36-69(63)84/h7-51H,1-6H3. The summed E-state index contributed by atoms with van der Waals surface area (Å²) in [5, 5.41) is 4.56. The van der Waals surface area contributed by atoms with Gasteiger partial charge in [-0.15, -0.1) is 0 Å². The molecule has 0 bridgehead atoms. The number of hydrogen-bond donors (Lipinski definition) is 0. The van der Waals surface area contributed by atoms with Gasteiger partial charge in [0.2, 0.25) is 0 Å². The van der Waals surface area contributed by atoms with E-state index in [1.807, 2.05) is 0 Å². The van der Waals surface area contributed by atoms with E-state index in [-0.39, 0.29) is 17.5 Å². The molecular formula is C80H63BN4O. The van der Waals surface area contributed by atoms with Gasteiger partial charge in [0.15, 0.2) is 11.2 Å². The third kappa shape index (κ3) is 8.22. The Kier molecular flexibility index (Phi) is 11.7. The van der Waals surface area contributed by atoms with Crippen LogP contribution < -0.4 is 31.1 Å². The van der Waals surface area contributed by atoms with Crippen molar-refractivity contribution < 1.29 is 4.42 Å². The monoisotopic (exact) mass is 1110 g/mol. The quantitative estimate of drug-likeness (QED) is 0.142. The summed E-state index contributed by atoms with van der Waals surface area (Å²) in [6, 6.07) is 101. The van der Waals surface area contributed by atoms with Crippen LogP contribution in [0, 0.1) is 0 Å². The fourth-order valence-corrected chi connectivity index (χ4v) is 13.8. The first kappa shape index (κ1) is 51.4. The van der Waals surface area contributed by atoms with Crippen molar-refractivity contribution in [1.82, 2.24) is 4.57 Å². The van der Waals surface area contributed by atoms with Crippen LogP contribution in [0.1, 0.15) is 52.7 Å². The van der Waals surface area contributed by atoms with Crippen LogP contribution in [0.3, 0.4) is 0 Å². The molecule has 0 N–H and O–H groups in total. The highest BCUT2D eigenvalue weighted by Gasteiger charge is 2.45. The van der Waals surface area contributed by atoms with Crippen molar-refractivity contribution in [2.24, 2.45) is 0 Å². The lowest BCUT2D eigenvalue weighted by Gasteiger charge is -2.45. The van der Waals surface area contributed by atoms with E-state index in [0.29, 0.717) is 0 Å². The van der Waals surface area contributed by atoms with Crippen LogP contribution in [-0.2, 0) is 10.8 Å². The topological polar surface area (TPSA) is 27.8 Å². The predicted octanol–water partition coefficient (Wildman–Crippen LogP) is 20.2. The van der Waals surface area contributed by atoms with Crippen LogP contribution in [0.5, 0.6) is 0 Å². The Bertz CT molecular complexity index is 4870.